The van der Waals surface area contributed by atoms with E-state index in [-0.39, 0.29) is 5.34 Å². The largest absolute Gasteiger partial charge is 0.484 e. The molecule has 1 atom stereocenters. The predicted octanol–water partition coefficient (Wildman–Crippen LogP) is 3.75. The van der Waals surface area contributed by atoms with Crippen LogP contribution in [0.1, 0.15) is 26.7 Å². The van der Waals surface area contributed by atoms with Crippen LogP contribution in [-0.2, 0) is 0 Å². The first-order valence-corrected chi connectivity index (χ1v) is 5.89. The van der Waals surface area contributed by atoms with Gasteiger partial charge in [-0.05, 0) is 37.1 Å². The summed E-state index contributed by atoms with van der Waals surface area (Å²) in [6.07, 6.45) is 1.97. The minimum absolute atomic E-state index is 0.127. The number of hydrogen-bond acceptors (Lipinski definition) is 2. The molecule has 1 nitrogen and oxygen atoms in total. The van der Waals surface area contributed by atoms with Crippen molar-refractivity contribution in [2.75, 3.05) is 0 Å². The molecular weight excluding hydrogens is 211 g/mol. The smallest absolute Gasteiger partial charge is 0.121 e. The molecule has 1 unspecified atom stereocenters. The van der Waals surface area contributed by atoms with Gasteiger partial charge in [-0.1, -0.05) is 23.1 Å². The highest BCUT2D eigenvalue weighted by Crippen LogP contribution is 2.30. The van der Waals surface area contributed by atoms with Gasteiger partial charge in [-0.3, -0.25) is 0 Å². The first kappa shape index (κ1) is 11.9. The summed E-state index contributed by atoms with van der Waals surface area (Å²) in [5.74, 6) is 0.904. The summed E-state index contributed by atoms with van der Waals surface area (Å²) < 4.78 is 5.88. The third-order valence-electron chi connectivity index (χ3n) is 2.35. The van der Waals surface area contributed by atoms with Gasteiger partial charge in [0.25, 0.3) is 0 Å². The standard InChI is InChI=1S/C11H17OPS/c1-3-11(13,4-2)12-9-5-7-10(14)8-6-9/h5-8,14H,3-4,13H2,1-2H3. The normalized spacial score (nSPS) is 11.4. The molecule has 1 aromatic carbocycles. The molecule has 0 aliphatic rings. The van der Waals surface area contributed by atoms with Crippen LogP contribution in [0.2, 0.25) is 0 Å². The highest BCUT2D eigenvalue weighted by atomic mass is 32.1. The van der Waals surface area contributed by atoms with Crippen LogP contribution in [0.4, 0.5) is 0 Å². The lowest BCUT2D eigenvalue weighted by Crippen LogP contribution is -2.26. The van der Waals surface area contributed by atoms with Crippen molar-refractivity contribution < 1.29 is 4.74 Å². The molecule has 14 heavy (non-hydrogen) atoms. The van der Waals surface area contributed by atoms with Crippen molar-refractivity contribution in [1.82, 2.24) is 0 Å². The number of benzene rings is 1. The summed E-state index contributed by atoms with van der Waals surface area (Å²) in [5, 5.41) is -0.127. The van der Waals surface area contributed by atoms with Crippen LogP contribution in [0.15, 0.2) is 29.2 Å². The molecule has 0 aliphatic heterocycles. The lowest BCUT2D eigenvalue weighted by molar-refractivity contribution is 0.155. The second-order valence-electron chi connectivity index (χ2n) is 3.37. The Morgan fingerprint density at radius 2 is 1.71 bits per heavy atom. The second-order valence-corrected chi connectivity index (χ2v) is 4.94. The van der Waals surface area contributed by atoms with Gasteiger partial charge in [0.1, 0.15) is 11.1 Å². The quantitative estimate of drug-likeness (QED) is 0.610. The SMILES string of the molecule is CCC(P)(CC)Oc1ccc(S)cc1. The van der Waals surface area contributed by atoms with Gasteiger partial charge in [0, 0.05) is 4.90 Å². The van der Waals surface area contributed by atoms with Crippen molar-refractivity contribution in [3.05, 3.63) is 24.3 Å². The molecule has 0 fully saturated rings. The summed E-state index contributed by atoms with van der Waals surface area (Å²) >= 11 is 4.23. The van der Waals surface area contributed by atoms with E-state index in [0.717, 1.165) is 23.5 Å². The van der Waals surface area contributed by atoms with Gasteiger partial charge in [-0.25, -0.2) is 0 Å². The Kier molecular flexibility index (Phi) is 4.28. The zero-order chi connectivity index (χ0) is 10.6. The third kappa shape index (κ3) is 3.18. The van der Waals surface area contributed by atoms with Gasteiger partial charge in [0.15, 0.2) is 0 Å². The van der Waals surface area contributed by atoms with Crippen LogP contribution in [0.25, 0.3) is 0 Å². The molecule has 0 aromatic heterocycles. The molecule has 0 radical (unpaired) electrons. The average molecular weight is 228 g/mol. The maximum atomic E-state index is 5.88. The molecule has 0 amide bonds. The molecule has 0 bridgehead atoms. The van der Waals surface area contributed by atoms with E-state index in [4.69, 9.17) is 4.74 Å². The van der Waals surface area contributed by atoms with E-state index in [1.54, 1.807) is 0 Å². The van der Waals surface area contributed by atoms with Gasteiger partial charge in [-0.2, -0.15) is 0 Å². The maximum absolute atomic E-state index is 5.88. The molecule has 0 saturated carbocycles. The highest BCUT2D eigenvalue weighted by molar-refractivity contribution is 7.80. The van der Waals surface area contributed by atoms with Crippen molar-refractivity contribution in [2.45, 2.75) is 36.9 Å². The molecule has 0 heterocycles. The Labute approximate surface area is 93.9 Å². The average Bonchev–Trinajstić information content (AvgIpc) is 2.21. The summed E-state index contributed by atoms with van der Waals surface area (Å²) in [5.41, 5.74) is 0. The second kappa shape index (κ2) is 5.04. The summed E-state index contributed by atoms with van der Waals surface area (Å²) in [7, 11) is 2.79. The van der Waals surface area contributed by atoms with Crippen molar-refractivity contribution in [1.29, 1.82) is 0 Å². The van der Waals surface area contributed by atoms with Crippen molar-refractivity contribution in [3.8, 4) is 5.75 Å². The van der Waals surface area contributed by atoms with Crippen LogP contribution in [0.3, 0.4) is 0 Å². The van der Waals surface area contributed by atoms with E-state index < -0.39 is 0 Å². The molecule has 3 heteroatoms. The molecule has 0 spiro atoms. The Morgan fingerprint density at radius 1 is 1.21 bits per heavy atom. The van der Waals surface area contributed by atoms with E-state index in [9.17, 15) is 0 Å². The summed E-state index contributed by atoms with van der Waals surface area (Å²) in [6, 6.07) is 7.78. The van der Waals surface area contributed by atoms with Crippen molar-refractivity contribution in [3.63, 3.8) is 0 Å². The minimum atomic E-state index is -0.127. The Morgan fingerprint density at radius 3 is 2.14 bits per heavy atom. The lowest BCUT2D eigenvalue weighted by atomic mass is 10.2. The Balaban J connectivity index is 2.72. The summed E-state index contributed by atoms with van der Waals surface area (Å²) in [6.45, 7) is 4.26. The first-order chi connectivity index (χ1) is 6.59. The Bertz CT molecular complexity index is 280. The van der Waals surface area contributed by atoms with Gasteiger partial charge in [0.2, 0.25) is 0 Å². The number of ether oxygens (including phenoxy) is 1. The van der Waals surface area contributed by atoms with Gasteiger partial charge in [-0.15, -0.1) is 12.6 Å². The molecular formula is C11H17OPS. The van der Waals surface area contributed by atoms with E-state index in [1.807, 2.05) is 24.3 Å². The zero-order valence-corrected chi connectivity index (χ0v) is 10.7. The lowest BCUT2D eigenvalue weighted by Gasteiger charge is -2.28. The predicted molar refractivity (Wildman–Crippen MR) is 67.3 cm³/mol. The molecule has 78 valence electrons. The maximum Gasteiger partial charge on any atom is 0.121 e. The number of thiol groups is 1. The van der Waals surface area contributed by atoms with Crippen molar-refractivity contribution >= 4 is 21.9 Å². The van der Waals surface area contributed by atoms with Crippen LogP contribution < -0.4 is 4.74 Å². The zero-order valence-electron chi connectivity index (χ0n) is 8.66. The number of hydrogen-bond donors (Lipinski definition) is 1. The fourth-order valence-electron chi connectivity index (χ4n) is 1.14. The first-order valence-electron chi connectivity index (χ1n) is 4.86. The monoisotopic (exact) mass is 228 g/mol. The van der Waals surface area contributed by atoms with Crippen molar-refractivity contribution in [2.24, 2.45) is 0 Å². The minimum Gasteiger partial charge on any atom is -0.484 e. The fraction of sp³-hybridized carbons (Fsp3) is 0.455. The third-order valence-corrected chi connectivity index (χ3v) is 3.59. The Hall–Kier alpha value is -0.200. The van der Waals surface area contributed by atoms with E-state index >= 15 is 0 Å². The van der Waals surface area contributed by atoms with Crippen LogP contribution >= 0.6 is 21.9 Å². The molecule has 0 N–H and O–H groups in total. The topological polar surface area (TPSA) is 9.23 Å². The van der Waals surface area contributed by atoms with E-state index in [2.05, 4.69) is 35.7 Å². The molecule has 1 rings (SSSR count). The molecule has 0 aliphatic carbocycles. The number of rotatable bonds is 4. The van der Waals surface area contributed by atoms with Gasteiger partial charge in [0.05, 0.1) is 0 Å². The van der Waals surface area contributed by atoms with Crippen LogP contribution in [0.5, 0.6) is 5.75 Å². The van der Waals surface area contributed by atoms with Gasteiger partial charge >= 0.3 is 0 Å². The fourth-order valence-corrected chi connectivity index (χ4v) is 1.43. The molecule has 0 saturated heterocycles. The van der Waals surface area contributed by atoms with E-state index in [0.29, 0.717) is 0 Å². The summed E-state index contributed by atoms with van der Waals surface area (Å²) in [4.78, 5) is 0.958. The highest BCUT2D eigenvalue weighted by Gasteiger charge is 2.21. The van der Waals surface area contributed by atoms with Crippen LogP contribution in [0, 0.1) is 0 Å². The van der Waals surface area contributed by atoms with E-state index in [1.165, 1.54) is 0 Å². The molecule has 1 aromatic rings. The van der Waals surface area contributed by atoms with Crippen LogP contribution in [-0.4, -0.2) is 5.34 Å². The van der Waals surface area contributed by atoms with Gasteiger partial charge < -0.3 is 4.74 Å².